The molecule has 0 unspecified atom stereocenters. The van der Waals surface area contributed by atoms with Crippen LogP contribution >= 0.6 is 0 Å². The molecule has 1 atom stereocenters. The molecule has 4 nitrogen and oxygen atoms in total. The molecule has 5 heteroatoms. The predicted molar refractivity (Wildman–Crippen MR) is 79.4 cm³/mol. The van der Waals surface area contributed by atoms with Crippen molar-refractivity contribution < 1.29 is 19.3 Å². The second-order valence-electron chi connectivity index (χ2n) is 5.28. The standard InChI is InChI=1S/C17H15FN2O2/c18-13-8-6-12(7-9-13)11-19-15-10-16(21)20(17(15)22)14-4-2-1-3-5-14/h1-9,15,19H,10-11H2/p+1/t15-/m1/s1. The number of benzene rings is 2. The zero-order valence-electron chi connectivity index (χ0n) is 11.9. The van der Waals surface area contributed by atoms with Gasteiger partial charge in [0.15, 0.2) is 6.04 Å². The van der Waals surface area contributed by atoms with Gasteiger partial charge in [0.1, 0.15) is 12.4 Å². The van der Waals surface area contributed by atoms with Crippen molar-refractivity contribution in [1.82, 2.24) is 0 Å². The van der Waals surface area contributed by atoms with E-state index in [0.717, 1.165) is 5.56 Å². The van der Waals surface area contributed by atoms with E-state index < -0.39 is 6.04 Å². The third kappa shape index (κ3) is 2.89. The fourth-order valence-electron chi connectivity index (χ4n) is 2.59. The zero-order valence-corrected chi connectivity index (χ0v) is 11.9. The highest BCUT2D eigenvalue weighted by Crippen LogP contribution is 2.20. The maximum atomic E-state index is 12.9. The second-order valence-corrected chi connectivity index (χ2v) is 5.28. The van der Waals surface area contributed by atoms with Gasteiger partial charge in [-0.05, 0) is 24.3 Å². The smallest absolute Gasteiger partial charge is 0.292 e. The first-order valence-corrected chi connectivity index (χ1v) is 7.15. The minimum atomic E-state index is -0.419. The van der Waals surface area contributed by atoms with Gasteiger partial charge in [-0.1, -0.05) is 30.3 Å². The van der Waals surface area contributed by atoms with E-state index in [1.165, 1.54) is 17.0 Å². The first kappa shape index (κ1) is 14.4. The topological polar surface area (TPSA) is 54.0 Å². The summed E-state index contributed by atoms with van der Waals surface area (Å²) in [4.78, 5) is 25.7. The Bertz CT molecular complexity index is 686. The lowest BCUT2D eigenvalue weighted by Crippen LogP contribution is -2.90. The number of para-hydroxylation sites is 1. The molecule has 0 spiro atoms. The van der Waals surface area contributed by atoms with E-state index in [0.29, 0.717) is 12.2 Å². The van der Waals surface area contributed by atoms with Crippen LogP contribution in [0, 0.1) is 5.82 Å². The molecule has 1 heterocycles. The lowest BCUT2D eigenvalue weighted by molar-refractivity contribution is -0.690. The first-order chi connectivity index (χ1) is 10.6. The Hall–Kier alpha value is -2.53. The van der Waals surface area contributed by atoms with Gasteiger partial charge in [0, 0.05) is 5.56 Å². The van der Waals surface area contributed by atoms with E-state index in [1.807, 2.05) is 11.4 Å². The van der Waals surface area contributed by atoms with Crippen LogP contribution in [-0.2, 0) is 16.1 Å². The molecule has 1 aliphatic rings. The van der Waals surface area contributed by atoms with Crippen LogP contribution in [0.1, 0.15) is 12.0 Å². The van der Waals surface area contributed by atoms with Crippen LogP contribution in [0.5, 0.6) is 0 Å². The summed E-state index contributed by atoms with van der Waals surface area (Å²) in [6.07, 6.45) is 0.189. The predicted octanol–water partition coefficient (Wildman–Crippen LogP) is 1.22. The Morgan fingerprint density at radius 3 is 2.41 bits per heavy atom. The maximum absolute atomic E-state index is 12.9. The SMILES string of the molecule is O=C1C[C@@H]([NH2+]Cc2ccc(F)cc2)C(=O)N1c1ccccc1. The molecule has 1 aliphatic heterocycles. The molecule has 2 aromatic rings. The van der Waals surface area contributed by atoms with Gasteiger partial charge in [0.2, 0.25) is 5.91 Å². The molecule has 0 bridgehead atoms. The molecule has 1 fully saturated rings. The number of anilines is 1. The van der Waals surface area contributed by atoms with E-state index >= 15 is 0 Å². The number of rotatable bonds is 4. The van der Waals surface area contributed by atoms with Gasteiger partial charge in [-0.25, -0.2) is 9.29 Å². The van der Waals surface area contributed by atoms with Crippen molar-refractivity contribution in [3.63, 3.8) is 0 Å². The molecule has 0 aliphatic carbocycles. The Balaban J connectivity index is 1.68. The fraction of sp³-hybridized carbons (Fsp3) is 0.176. The molecule has 2 aromatic carbocycles. The van der Waals surface area contributed by atoms with Crippen molar-refractivity contribution in [2.45, 2.75) is 19.0 Å². The normalized spacial score (nSPS) is 18.0. The van der Waals surface area contributed by atoms with Gasteiger partial charge in [-0.15, -0.1) is 0 Å². The molecule has 3 rings (SSSR count). The van der Waals surface area contributed by atoms with Crippen LogP contribution in [0.15, 0.2) is 54.6 Å². The molecule has 22 heavy (non-hydrogen) atoms. The number of halogens is 1. The summed E-state index contributed by atoms with van der Waals surface area (Å²) in [7, 11) is 0. The molecular weight excluding hydrogens is 283 g/mol. The molecule has 0 aromatic heterocycles. The largest absolute Gasteiger partial charge is 0.332 e. The number of nitrogens with zero attached hydrogens (tertiary/aromatic N) is 1. The van der Waals surface area contributed by atoms with Gasteiger partial charge < -0.3 is 5.32 Å². The van der Waals surface area contributed by atoms with Crippen LogP contribution in [0.25, 0.3) is 0 Å². The highest BCUT2D eigenvalue weighted by Gasteiger charge is 2.41. The fourth-order valence-corrected chi connectivity index (χ4v) is 2.59. The number of carbonyl (C=O) groups excluding carboxylic acids is 2. The molecular formula is C17H16FN2O2+. The van der Waals surface area contributed by atoms with Crippen molar-refractivity contribution in [3.05, 3.63) is 66.0 Å². The van der Waals surface area contributed by atoms with Crippen LogP contribution in [-0.4, -0.2) is 17.9 Å². The maximum Gasteiger partial charge on any atom is 0.292 e. The number of nitrogens with two attached hydrogens (primary N) is 1. The van der Waals surface area contributed by atoms with E-state index in [1.54, 1.807) is 36.4 Å². The average molecular weight is 299 g/mol. The van der Waals surface area contributed by atoms with Crippen molar-refractivity contribution in [2.75, 3.05) is 4.90 Å². The first-order valence-electron chi connectivity index (χ1n) is 7.15. The highest BCUT2D eigenvalue weighted by atomic mass is 19.1. The Kier molecular flexibility index (Phi) is 3.98. The van der Waals surface area contributed by atoms with Crippen LogP contribution < -0.4 is 10.2 Å². The monoisotopic (exact) mass is 299 g/mol. The number of imide groups is 1. The van der Waals surface area contributed by atoms with Gasteiger partial charge >= 0.3 is 0 Å². The van der Waals surface area contributed by atoms with Crippen LogP contribution in [0.4, 0.5) is 10.1 Å². The third-order valence-corrected chi connectivity index (χ3v) is 3.75. The molecule has 112 valence electrons. The average Bonchev–Trinajstić information content (AvgIpc) is 2.82. The number of hydrogen-bond donors (Lipinski definition) is 1. The van der Waals surface area contributed by atoms with Gasteiger partial charge in [0.05, 0.1) is 12.1 Å². The number of amides is 2. The summed E-state index contributed by atoms with van der Waals surface area (Å²) >= 11 is 0. The highest BCUT2D eigenvalue weighted by molar-refractivity contribution is 6.21. The molecule has 2 N–H and O–H groups in total. The van der Waals surface area contributed by atoms with Crippen molar-refractivity contribution >= 4 is 17.5 Å². The lowest BCUT2D eigenvalue weighted by Gasteiger charge is -2.13. The Labute approximate surface area is 127 Å². The van der Waals surface area contributed by atoms with Crippen LogP contribution in [0.2, 0.25) is 0 Å². The van der Waals surface area contributed by atoms with Crippen molar-refractivity contribution in [2.24, 2.45) is 0 Å². The zero-order chi connectivity index (χ0) is 15.5. The summed E-state index contributed by atoms with van der Waals surface area (Å²) in [5, 5.41) is 1.83. The lowest BCUT2D eigenvalue weighted by atomic mass is 10.2. The second kappa shape index (κ2) is 6.07. The summed E-state index contributed by atoms with van der Waals surface area (Å²) < 4.78 is 12.9. The van der Waals surface area contributed by atoms with Gasteiger partial charge in [0.25, 0.3) is 5.91 Å². The van der Waals surface area contributed by atoms with E-state index in [9.17, 15) is 14.0 Å². The minimum absolute atomic E-state index is 0.184. The van der Waals surface area contributed by atoms with Gasteiger partial charge in [-0.2, -0.15) is 0 Å². The molecule has 0 radical (unpaired) electrons. The molecule has 1 saturated heterocycles. The third-order valence-electron chi connectivity index (χ3n) is 3.75. The quantitative estimate of drug-likeness (QED) is 0.863. The number of carbonyl (C=O) groups is 2. The molecule has 2 amide bonds. The summed E-state index contributed by atoms with van der Waals surface area (Å²) in [6.45, 7) is 0.534. The Morgan fingerprint density at radius 2 is 1.73 bits per heavy atom. The Morgan fingerprint density at radius 1 is 1.05 bits per heavy atom. The summed E-state index contributed by atoms with van der Waals surface area (Å²) in [5.41, 5.74) is 1.52. The molecule has 0 saturated carbocycles. The van der Waals surface area contributed by atoms with Crippen LogP contribution in [0.3, 0.4) is 0 Å². The summed E-state index contributed by atoms with van der Waals surface area (Å²) in [6, 6.07) is 14.7. The van der Waals surface area contributed by atoms with Gasteiger partial charge in [-0.3, -0.25) is 9.59 Å². The minimum Gasteiger partial charge on any atom is -0.332 e. The van der Waals surface area contributed by atoms with Crippen molar-refractivity contribution in [3.8, 4) is 0 Å². The van der Waals surface area contributed by atoms with E-state index in [-0.39, 0.29) is 24.1 Å². The summed E-state index contributed by atoms with van der Waals surface area (Å²) in [5.74, 6) is -0.666. The van der Waals surface area contributed by atoms with E-state index in [2.05, 4.69) is 0 Å². The number of hydrogen-bond acceptors (Lipinski definition) is 2. The van der Waals surface area contributed by atoms with Crippen molar-refractivity contribution in [1.29, 1.82) is 0 Å². The number of quaternary nitrogens is 1. The van der Waals surface area contributed by atoms with E-state index in [4.69, 9.17) is 0 Å².